The molecule has 5 nitrogen and oxygen atoms in total. The molecule has 3 rings (SSSR count). The molecule has 1 heterocycles. The van der Waals surface area contributed by atoms with E-state index >= 15 is 0 Å². The number of methoxy groups -OCH3 is 1. The van der Waals surface area contributed by atoms with Gasteiger partial charge in [-0.05, 0) is 55.5 Å². The predicted octanol–water partition coefficient (Wildman–Crippen LogP) is 3.82. The van der Waals surface area contributed by atoms with Crippen LogP contribution in [0.2, 0.25) is 0 Å². The fourth-order valence-electron chi connectivity index (χ4n) is 3.85. The molecular weight excluding hydrogens is 390 g/mol. The Hall–Kier alpha value is -2.96. The molecule has 0 bridgehead atoms. The molecule has 2 amide bonds. The van der Waals surface area contributed by atoms with E-state index in [-0.39, 0.29) is 30.1 Å². The van der Waals surface area contributed by atoms with Crippen LogP contribution in [0.4, 0.5) is 8.78 Å². The average molecular weight is 416 g/mol. The van der Waals surface area contributed by atoms with Crippen molar-refractivity contribution in [2.24, 2.45) is 0 Å². The van der Waals surface area contributed by atoms with Gasteiger partial charge < -0.3 is 15.4 Å². The van der Waals surface area contributed by atoms with E-state index in [1.807, 2.05) is 6.92 Å². The molecule has 1 aliphatic heterocycles. The van der Waals surface area contributed by atoms with E-state index in [9.17, 15) is 18.4 Å². The Bertz CT molecular complexity index is 917. The highest BCUT2D eigenvalue weighted by molar-refractivity contribution is 5.80. The van der Waals surface area contributed by atoms with Gasteiger partial charge in [0.15, 0.2) is 0 Å². The zero-order valence-corrected chi connectivity index (χ0v) is 17.1. The van der Waals surface area contributed by atoms with Crippen molar-refractivity contribution in [3.05, 3.63) is 65.2 Å². The molecule has 2 aromatic carbocycles. The first-order valence-corrected chi connectivity index (χ1v) is 9.98. The first kappa shape index (κ1) is 21.7. The highest BCUT2D eigenvalue weighted by Crippen LogP contribution is 2.31. The van der Waals surface area contributed by atoms with Crippen LogP contribution in [0, 0.1) is 11.6 Å². The predicted molar refractivity (Wildman–Crippen MR) is 109 cm³/mol. The van der Waals surface area contributed by atoms with Gasteiger partial charge in [-0.15, -0.1) is 0 Å². The fraction of sp³-hybridized carbons (Fsp3) is 0.391. The van der Waals surface area contributed by atoms with Crippen molar-refractivity contribution in [2.45, 2.75) is 50.6 Å². The highest BCUT2D eigenvalue weighted by atomic mass is 19.1. The summed E-state index contributed by atoms with van der Waals surface area (Å²) in [6, 6.07) is 10.3. The molecule has 2 N–H and O–H groups in total. The van der Waals surface area contributed by atoms with Crippen LogP contribution < -0.4 is 15.4 Å². The van der Waals surface area contributed by atoms with Crippen molar-refractivity contribution in [1.82, 2.24) is 10.6 Å². The first-order valence-electron chi connectivity index (χ1n) is 9.98. The van der Waals surface area contributed by atoms with Crippen molar-refractivity contribution >= 4 is 11.8 Å². The number of rotatable bonds is 8. The van der Waals surface area contributed by atoms with Crippen LogP contribution >= 0.6 is 0 Å². The van der Waals surface area contributed by atoms with E-state index in [4.69, 9.17) is 4.74 Å². The van der Waals surface area contributed by atoms with Crippen molar-refractivity contribution in [1.29, 1.82) is 0 Å². The monoisotopic (exact) mass is 416 g/mol. The van der Waals surface area contributed by atoms with Gasteiger partial charge in [0.05, 0.1) is 13.2 Å². The summed E-state index contributed by atoms with van der Waals surface area (Å²) in [6.07, 6.45) is 1.77. The van der Waals surface area contributed by atoms with Gasteiger partial charge in [0, 0.05) is 24.4 Å². The molecule has 1 saturated heterocycles. The third-order valence-corrected chi connectivity index (χ3v) is 5.60. The topological polar surface area (TPSA) is 67.4 Å². The maximum absolute atomic E-state index is 14.4. The molecule has 30 heavy (non-hydrogen) atoms. The number of hydrogen-bond acceptors (Lipinski definition) is 3. The van der Waals surface area contributed by atoms with E-state index in [1.54, 1.807) is 24.3 Å². The molecule has 2 atom stereocenters. The normalized spacial score (nSPS) is 19.3. The number of nitrogens with one attached hydrogen (secondary N) is 2. The highest BCUT2D eigenvalue weighted by Gasteiger charge is 2.38. The zero-order valence-electron chi connectivity index (χ0n) is 17.1. The molecule has 0 aliphatic carbocycles. The Morgan fingerprint density at radius 3 is 2.57 bits per heavy atom. The molecule has 160 valence electrons. The van der Waals surface area contributed by atoms with Crippen molar-refractivity contribution in [3.63, 3.8) is 0 Å². The second-order valence-corrected chi connectivity index (χ2v) is 7.80. The van der Waals surface area contributed by atoms with E-state index < -0.39 is 11.4 Å². The van der Waals surface area contributed by atoms with E-state index in [0.29, 0.717) is 37.0 Å². The lowest BCUT2D eigenvalue weighted by molar-refractivity contribution is -0.123. The lowest BCUT2D eigenvalue weighted by Gasteiger charge is -2.30. The summed E-state index contributed by atoms with van der Waals surface area (Å²) in [5.41, 5.74) is 0.607. The Balaban J connectivity index is 1.64. The third kappa shape index (κ3) is 5.34. The SMILES string of the molecule is COc1ccc(C[C@@]2(CCC(=O)N[C@@H](C)c3ccc(F)cc3)CCC(=O)N2)c(F)c1. The van der Waals surface area contributed by atoms with Crippen LogP contribution in [0.5, 0.6) is 5.75 Å². The fourth-order valence-corrected chi connectivity index (χ4v) is 3.85. The maximum Gasteiger partial charge on any atom is 0.220 e. The second kappa shape index (κ2) is 9.24. The maximum atomic E-state index is 14.4. The lowest BCUT2D eigenvalue weighted by atomic mass is 9.84. The van der Waals surface area contributed by atoms with E-state index in [0.717, 1.165) is 5.56 Å². The smallest absolute Gasteiger partial charge is 0.220 e. The van der Waals surface area contributed by atoms with Crippen LogP contribution in [0.1, 0.15) is 49.8 Å². The largest absolute Gasteiger partial charge is 0.497 e. The third-order valence-electron chi connectivity index (χ3n) is 5.60. The lowest BCUT2D eigenvalue weighted by Crippen LogP contribution is -2.44. The Labute approximate surface area is 174 Å². The molecule has 0 radical (unpaired) electrons. The van der Waals surface area contributed by atoms with Gasteiger partial charge >= 0.3 is 0 Å². The number of halogens is 2. The van der Waals surface area contributed by atoms with Crippen LogP contribution in [0.3, 0.4) is 0 Å². The van der Waals surface area contributed by atoms with Gasteiger partial charge in [-0.1, -0.05) is 18.2 Å². The van der Waals surface area contributed by atoms with Gasteiger partial charge in [0.2, 0.25) is 11.8 Å². The summed E-state index contributed by atoms with van der Waals surface area (Å²) in [6.45, 7) is 1.82. The number of carbonyl (C=O) groups excluding carboxylic acids is 2. The number of amides is 2. The molecular formula is C23H26F2N2O3. The zero-order chi connectivity index (χ0) is 21.7. The second-order valence-electron chi connectivity index (χ2n) is 7.80. The molecule has 0 saturated carbocycles. The van der Waals surface area contributed by atoms with Crippen LogP contribution in [-0.2, 0) is 16.0 Å². The van der Waals surface area contributed by atoms with Gasteiger partial charge in [0.1, 0.15) is 17.4 Å². The number of hydrogen-bond donors (Lipinski definition) is 2. The summed E-state index contributed by atoms with van der Waals surface area (Å²) in [7, 11) is 1.47. The summed E-state index contributed by atoms with van der Waals surface area (Å²) in [5, 5.41) is 5.85. The van der Waals surface area contributed by atoms with Gasteiger partial charge in [0.25, 0.3) is 0 Å². The molecule has 0 aromatic heterocycles. The van der Waals surface area contributed by atoms with Gasteiger partial charge in [-0.2, -0.15) is 0 Å². The van der Waals surface area contributed by atoms with Crippen LogP contribution in [0.15, 0.2) is 42.5 Å². The van der Waals surface area contributed by atoms with E-state index in [2.05, 4.69) is 10.6 Å². The molecule has 1 fully saturated rings. The standard InChI is InChI=1S/C23H26F2N2O3/c1-15(16-3-6-18(24)7-4-16)26-21(28)9-11-23(12-10-22(29)27-23)14-17-5-8-19(30-2)13-20(17)25/h3-8,13,15H,9-12,14H2,1-2H3,(H,26,28)(H,27,29)/t15-,23+/m0/s1. The Morgan fingerprint density at radius 1 is 1.23 bits per heavy atom. The molecule has 2 aromatic rings. The van der Waals surface area contributed by atoms with Crippen molar-refractivity contribution in [3.8, 4) is 5.75 Å². The average Bonchev–Trinajstić information content (AvgIpc) is 3.09. The minimum Gasteiger partial charge on any atom is -0.497 e. The molecule has 0 spiro atoms. The number of ether oxygens (including phenoxy) is 1. The van der Waals surface area contributed by atoms with Crippen LogP contribution in [0.25, 0.3) is 0 Å². The summed E-state index contributed by atoms with van der Waals surface area (Å²) >= 11 is 0. The summed E-state index contributed by atoms with van der Waals surface area (Å²) < 4.78 is 32.6. The van der Waals surface area contributed by atoms with Gasteiger partial charge in [-0.3, -0.25) is 9.59 Å². The molecule has 7 heteroatoms. The van der Waals surface area contributed by atoms with Crippen molar-refractivity contribution < 1.29 is 23.1 Å². The van der Waals surface area contributed by atoms with Gasteiger partial charge in [-0.25, -0.2) is 8.78 Å². The summed E-state index contributed by atoms with van der Waals surface area (Å²) in [4.78, 5) is 24.4. The Morgan fingerprint density at radius 2 is 1.97 bits per heavy atom. The minimum absolute atomic E-state index is 0.0935. The Kier molecular flexibility index (Phi) is 6.70. The number of carbonyl (C=O) groups is 2. The van der Waals surface area contributed by atoms with E-state index in [1.165, 1.54) is 25.3 Å². The quantitative estimate of drug-likeness (QED) is 0.688. The van der Waals surface area contributed by atoms with Crippen molar-refractivity contribution in [2.75, 3.05) is 7.11 Å². The first-order chi connectivity index (χ1) is 14.3. The van der Waals surface area contributed by atoms with Crippen LogP contribution in [-0.4, -0.2) is 24.5 Å². The summed E-state index contributed by atoms with van der Waals surface area (Å²) in [5.74, 6) is -0.576. The number of benzene rings is 2. The minimum atomic E-state index is -0.664. The molecule has 0 unspecified atom stereocenters. The molecule has 1 aliphatic rings.